The molecule has 0 amide bonds. The Balaban J connectivity index is 1.87. The fourth-order valence-corrected chi connectivity index (χ4v) is 3.24. The van der Waals surface area contributed by atoms with E-state index < -0.39 is 0 Å². The lowest BCUT2D eigenvalue weighted by atomic mass is 9.80. The van der Waals surface area contributed by atoms with Crippen molar-refractivity contribution >= 4 is 22.4 Å². The first-order valence-corrected chi connectivity index (χ1v) is 7.40. The molecule has 1 fully saturated rings. The second-order valence-electron chi connectivity index (χ2n) is 6.15. The topological polar surface area (TPSA) is 63.8 Å². The van der Waals surface area contributed by atoms with Crippen molar-refractivity contribution in [2.24, 2.45) is 11.8 Å². The number of benzene rings is 1. The molecule has 1 heterocycles. The minimum absolute atomic E-state index is 0.502. The third kappa shape index (κ3) is 2.55. The first-order valence-electron chi connectivity index (χ1n) is 7.40. The summed E-state index contributed by atoms with van der Waals surface area (Å²) in [6.45, 7) is 4.67. The molecule has 1 aliphatic rings. The van der Waals surface area contributed by atoms with E-state index in [0.717, 1.165) is 28.3 Å². The van der Waals surface area contributed by atoms with Gasteiger partial charge in [0.2, 0.25) is 0 Å². The predicted molar refractivity (Wildman–Crippen MR) is 83.5 cm³/mol. The summed E-state index contributed by atoms with van der Waals surface area (Å²) in [5.74, 6) is 2.45. The summed E-state index contributed by atoms with van der Waals surface area (Å²) in [5.41, 5.74) is 7.45. The number of nitrogen functional groups attached to an aromatic ring is 1. The summed E-state index contributed by atoms with van der Waals surface area (Å²) < 4.78 is 0. The van der Waals surface area contributed by atoms with Gasteiger partial charge in [-0.1, -0.05) is 13.8 Å². The zero-order valence-electron chi connectivity index (χ0n) is 12.1. The van der Waals surface area contributed by atoms with Gasteiger partial charge >= 0.3 is 0 Å². The van der Waals surface area contributed by atoms with Crippen LogP contribution in [0.4, 0.5) is 11.5 Å². The summed E-state index contributed by atoms with van der Waals surface area (Å²) in [4.78, 5) is 8.72. The number of nitrogens with two attached hydrogens (primary N) is 1. The highest BCUT2D eigenvalue weighted by molar-refractivity contribution is 5.90. The minimum atomic E-state index is 0.502. The normalized spacial score (nSPS) is 26.6. The van der Waals surface area contributed by atoms with E-state index in [0.29, 0.717) is 12.0 Å². The zero-order chi connectivity index (χ0) is 14.1. The monoisotopic (exact) mass is 270 g/mol. The second kappa shape index (κ2) is 5.27. The molecule has 1 aromatic carbocycles. The van der Waals surface area contributed by atoms with E-state index in [4.69, 9.17) is 5.73 Å². The van der Waals surface area contributed by atoms with Crippen molar-refractivity contribution in [2.45, 2.75) is 39.2 Å². The number of nitrogens with one attached hydrogen (secondary N) is 1. The lowest BCUT2D eigenvalue weighted by Crippen LogP contribution is -2.33. The van der Waals surface area contributed by atoms with Gasteiger partial charge < -0.3 is 11.1 Å². The Morgan fingerprint density at radius 1 is 1.20 bits per heavy atom. The van der Waals surface area contributed by atoms with Gasteiger partial charge in [0.1, 0.15) is 12.1 Å². The maximum absolute atomic E-state index is 5.81. The molecular weight excluding hydrogens is 248 g/mol. The molecule has 0 spiro atoms. The molecule has 0 aliphatic heterocycles. The molecule has 3 atom stereocenters. The van der Waals surface area contributed by atoms with Crippen LogP contribution < -0.4 is 11.1 Å². The van der Waals surface area contributed by atoms with Gasteiger partial charge in [-0.05, 0) is 49.3 Å². The second-order valence-corrected chi connectivity index (χ2v) is 6.15. The molecule has 1 aliphatic carbocycles. The van der Waals surface area contributed by atoms with Gasteiger partial charge in [-0.2, -0.15) is 0 Å². The van der Waals surface area contributed by atoms with E-state index in [9.17, 15) is 0 Å². The minimum Gasteiger partial charge on any atom is -0.399 e. The Morgan fingerprint density at radius 3 is 2.85 bits per heavy atom. The van der Waals surface area contributed by atoms with Crippen molar-refractivity contribution in [1.82, 2.24) is 9.97 Å². The van der Waals surface area contributed by atoms with Crippen LogP contribution in [0.2, 0.25) is 0 Å². The fourth-order valence-electron chi connectivity index (χ4n) is 3.24. The quantitative estimate of drug-likeness (QED) is 0.820. The molecule has 0 bridgehead atoms. The molecular formula is C16H22N4. The molecule has 3 rings (SSSR count). The summed E-state index contributed by atoms with van der Waals surface area (Å²) in [5, 5.41) is 4.67. The van der Waals surface area contributed by atoms with Crippen molar-refractivity contribution in [3.8, 4) is 0 Å². The van der Waals surface area contributed by atoms with Crippen LogP contribution >= 0.6 is 0 Å². The van der Waals surface area contributed by atoms with Crippen molar-refractivity contribution < 1.29 is 0 Å². The molecule has 1 saturated carbocycles. The largest absolute Gasteiger partial charge is 0.399 e. The Kier molecular flexibility index (Phi) is 3.47. The SMILES string of the molecule is CC1CCC(Nc2ncnc3cc(N)ccc23)C(C)C1. The van der Waals surface area contributed by atoms with Crippen LogP contribution in [0.5, 0.6) is 0 Å². The molecule has 106 valence electrons. The third-order valence-corrected chi connectivity index (χ3v) is 4.41. The van der Waals surface area contributed by atoms with Gasteiger partial charge in [0.15, 0.2) is 0 Å². The van der Waals surface area contributed by atoms with E-state index in [1.54, 1.807) is 6.33 Å². The van der Waals surface area contributed by atoms with Crippen LogP contribution in [0, 0.1) is 11.8 Å². The van der Waals surface area contributed by atoms with Crippen LogP contribution in [-0.4, -0.2) is 16.0 Å². The molecule has 1 aromatic heterocycles. The van der Waals surface area contributed by atoms with E-state index in [-0.39, 0.29) is 0 Å². The number of hydrogen-bond donors (Lipinski definition) is 2. The molecule has 4 heteroatoms. The maximum Gasteiger partial charge on any atom is 0.137 e. The summed E-state index contributed by atoms with van der Waals surface area (Å²) in [7, 11) is 0. The number of rotatable bonds is 2. The van der Waals surface area contributed by atoms with Crippen LogP contribution in [-0.2, 0) is 0 Å². The summed E-state index contributed by atoms with van der Waals surface area (Å²) in [6, 6.07) is 6.31. The highest BCUT2D eigenvalue weighted by Crippen LogP contribution is 2.31. The summed E-state index contributed by atoms with van der Waals surface area (Å²) >= 11 is 0. The highest BCUT2D eigenvalue weighted by Gasteiger charge is 2.25. The van der Waals surface area contributed by atoms with Crippen LogP contribution in [0.1, 0.15) is 33.1 Å². The highest BCUT2D eigenvalue weighted by atomic mass is 15.0. The molecule has 3 unspecified atom stereocenters. The Bertz CT molecular complexity index is 610. The van der Waals surface area contributed by atoms with Crippen molar-refractivity contribution in [3.63, 3.8) is 0 Å². The van der Waals surface area contributed by atoms with Gasteiger partial charge in [-0.15, -0.1) is 0 Å². The van der Waals surface area contributed by atoms with Crippen LogP contribution in [0.25, 0.3) is 10.9 Å². The van der Waals surface area contributed by atoms with Gasteiger partial charge in [0, 0.05) is 17.1 Å². The summed E-state index contributed by atoms with van der Waals surface area (Å²) in [6.07, 6.45) is 5.40. The predicted octanol–water partition coefficient (Wildman–Crippen LogP) is 3.45. The Morgan fingerprint density at radius 2 is 2.05 bits per heavy atom. The Labute approximate surface area is 119 Å². The lowest BCUT2D eigenvalue weighted by Gasteiger charge is -2.33. The number of fused-ring (bicyclic) bond motifs is 1. The number of anilines is 2. The number of aromatic nitrogens is 2. The molecule has 2 aromatic rings. The van der Waals surface area contributed by atoms with Crippen LogP contribution in [0.15, 0.2) is 24.5 Å². The standard InChI is InChI=1S/C16H22N4/c1-10-3-6-14(11(2)7-10)20-16-13-5-4-12(17)8-15(13)18-9-19-16/h4-5,8-11,14H,3,6-7,17H2,1-2H3,(H,18,19,20). The van der Waals surface area contributed by atoms with Gasteiger partial charge in [0.25, 0.3) is 0 Å². The lowest BCUT2D eigenvalue weighted by molar-refractivity contribution is 0.276. The fraction of sp³-hybridized carbons (Fsp3) is 0.500. The average molecular weight is 270 g/mol. The van der Waals surface area contributed by atoms with Gasteiger partial charge in [-0.25, -0.2) is 9.97 Å². The number of hydrogen-bond acceptors (Lipinski definition) is 4. The molecule has 0 radical (unpaired) electrons. The van der Waals surface area contributed by atoms with Crippen molar-refractivity contribution in [3.05, 3.63) is 24.5 Å². The average Bonchev–Trinajstić information content (AvgIpc) is 2.41. The van der Waals surface area contributed by atoms with Gasteiger partial charge in [-0.3, -0.25) is 0 Å². The molecule has 4 nitrogen and oxygen atoms in total. The first-order chi connectivity index (χ1) is 9.63. The Hall–Kier alpha value is -1.84. The van der Waals surface area contributed by atoms with Crippen molar-refractivity contribution in [2.75, 3.05) is 11.1 Å². The van der Waals surface area contributed by atoms with Crippen LogP contribution in [0.3, 0.4) is 0 Å². The van der Waals surface area contributed by atoms with E-state index >= 15 is 0 Å². The van der Waals surface area contributed by atoms with E-state index in [1.807, 2.05) is 18.2 Å². The number of nitrogens with zero attached hydrogens (tertiary/aromatic N) is 2. The third-order valence-electron chi connectivity index (χ3n) is 4.41. The van der Waals surface area contributed by atoms with Gasteiger partial charge in [0.05, 0.1) is 5.52 Å². The zero-order valence-corrected chi connectivity index (χ0v) is 12.1. The molecule has 0 saturated heterocycles. The maximum atomic E-state index is 5.81. The van der Waals surface area contributed by atoms with E-state index in [1.165, 1.54) is 19.3 Å². The molecule has 3 N–H and O–H groups in total. The smallest absolute Gasteiger partial charge is 0.137 e. The molecule has 20 heavy (non-hydrogen) atoms. The van der Waals surface area contributed by atoms with Crippen molar-refractivity contribution in [1.29, 1.82) is 0 Å². The van der Waals surface area contributed by atoms with E-state index in [2.05, 4.69) is 29.1 Å². The first kappa shape index (κ1) is 13.2.